The maximum atomic E-state index is 11.9. The molecule has 0 unspecified atom stereocenters. The van der Waals surface area contributed by atoms with Gasteiger partial charge in [-0.2, -0.15) is 5.10 Å². The van der Waals surface area contributed by atoms with Gasteiger partial charge in [-0.3, -0.25) is 9.48 Å². The van der Waals surface area contributed by atoms with E-state index in [1.54, 1.807) is 23.1 Å². The van der Waals surface area contributed by atoms with Crippen molar-refractivity contribution in [3.05, 3.63) is 18.5 Å². The lowest BCUT2D eigenvalue weighted by Crippen LogP contribution is -2.54. The van der Waals surface area contributed by atoms with Crippen molar-refractivity contribution in [3.8, 4) is 0 Å². The summed E-state index contributed by atoms with van der Waals surface area (Å²) in [6, 6.07) is 1.79. The average molecular weight is 251 g/mol. The summed E-state index contributed by atoms with van der Waals surface area (Å²) < 4.78 is 1.59. The minimum atomic E-state index is -0.420. The normalized spacial score (nSPS) is 28.0. The Bertz CT molecular complexity index is 381. The van der Waals surface area contributed by atoms with Gasteiger partial charge in [0, 0.05) is 12.4 Å². The van der Waals surface area contributed by atoms with Gasteiger partial charge in [0.05, 0.1) is 12.1 Å². The third kappa shape index (κ3) is 3.10. The first-order valence-electron chi connectivity index (χ1n) is 6.53. The molecule has 1 heterocycles. The fraction of sp³-hybridized carbons (Fsp3) is 0.692. The van der Waals surface area contributed by atoms with Gasteiger partial charge in [-0.1, -0.05) is 6.92 Å². The third-order valence-electron chi connectivity index (χ3n) is 3.80. The summed E-state index contributed by atoms with van der Waals surface area (Å²) in [6.07, 6.45) is 7.24. The molecule has 1 aromatic heterocycles. The number of hydrogen-bond acceptors (Lipinski definition) is 3. The molecule has 0 bridgehead atoms. The van der Waals surface area contributed by atoms with Crippen LogP contribution in [0, 0.1) is 5.92 Å². The molecule has 0 spiro atoms. The smallest absolute Gasteiger partial charge is 0.242 e. The first-order chi connectivity index (χ1) is 8.63. The molecular formula is C13H21N3O2. The number of hydrogen-bond donors (Lipinski definition) is 2. The molecule has 5 heteroatoms. The van der Waals surface area contributed by atoms with Crippen molar-refractivity contribution in [2.75, 3.05) is 6.61 Å². The quantitative estimate of drug-likeness (QED) is 0.837. The van der Waals surface area contributed by atoms with Crippen molar-refractivity contribution < 1.29 is 9.90 Å². The number of aliphatic hydroxyl groups excluding tert-OH is 1. The van der Waals surface area contributed by atoms with Crippen LogP contribution in [0.3, 0.4) is 0 Å². The Labute approximate surface area is 107 Å². The van der Waals surface area contributed by atoms with Crippen LogP contribution in [0.25, 0.3) is 0 Å². The summed E-state index contributed by atoms with van der Waals surface area (Å²) in [7, 11) is 0. The van der Waals surface area contributed by atoms with Crippen molar-refractivity contribution in [1.82, 2.24) is 15.1 Å². The lowest BCUT2D eigenvalue weighted by molar-refractivity contribution is -0.125. The number of nitrogens with one attached hydrogen (secondary N) is 1. The van der Waals surface area contributed by atoms with Gasteiger partial charge in [-0.25, -0.2) is 0 Å². The van der Waals surface area contributed by atoms with Crippen molar-refractivity contribution in [3.63, 3.8) is 0 Å². The summed E-state index contributed by atoms with van der Waals surface area (Å²) in [6.45, 7) is 2.45. The van der Waals surface area contributed by atoms with E-state index >= 15 is 0 Å². The van der Waals surface area contributed by atoms with Gasteiger partial charge in [-0.15, -0.1) is 0 Å². The molecule has 0 aromatic carbocycles. The second kappa shape index (κ2) is 5.52. The Morgan fingerprint density at radius 2 is 2.28 bits per heavy atom. The van der Waals surface area contributed by atoms with E-state index in [0.717, 1.165) is 25.7 Å². The number of carbonyl (C=O) groups excluding carboxylic acids is 1. The lowest BCUT2D eigenvalue weighted by Gasteiger charge is -2.38. The number of aromatic nitrogens is 2. The standard InChI is InChI=1S/C13H21N3O2/c1-11-3-5-13(10-17,6-4-11)15-12(18)9-16-8-2-7-14-16/h2,7-8,11,17H,3-6,9-10H2,1H3,(H,15,18). The van der Waals surface area contributed by atoms with E-state index in [9.17, 15) is 9.90 Å². The molecule has 1 aromatic rings. The Balaban J connectivity index is 1.91. The highest BCUT2D eigenvalue weighted by Gasteiger charge is 2.34. The van der Waals surface area contributed by atoms with Crippen LogP contribution < -0.4 is 5.32 Å². The number of rotatable bonds is 4. The van der Waals surface area contributed by atoms with Gasteiger partial charge >= 0.3 is 0 Å². The third-order valence-corrected chi connectivity index (χ3v) is 3.80. The van der Waals surface area contributed by atoms with E-state index in [-0.39, 0.29) is 19.1 Å². The van der Waals surface area contributed by atoms with Crippen LogP contribution >= 0.6 is 0 Å². The fourth-order valence-corrected chi connectivity index (χ4v) is 2.51. The monoisotopic (exact) mass is 251 g/mol. The van der Waals surface area contributed by atoms with Gasteiger partial charge in [0.2, 0.25) is 5.91 Å². The predicted octanol–water partition coefficient (Wildman–Crippen LogP) is 0.940. The maximum absolute atomic E-state index is 11.9. The van der Waals surface area contributed by atoms with Gasteiger partial charge in [0.15, 0.2) is 0 Å². The van der Waals surface area contributed by atoms with E-state index in [1.807, 2.05) is 0 Å². The minimum absolute atomic E-state index is 0.0184. The topological polar surface area (TPSA) is 67.2 Å². The van der Waals surface area contributed by atoms with E-state index in [4.69, 9.17) is 0 Å². The fourth-order valence-electron chi connectivity index (χ4n) is 2.51. The van der Waals surface area contributed by atoms with Crippen molar-refractivity contribution in [1.29, 1.82) is 0 Å². The van der Waals surface area contributed by atoms with Crippen LogP contribution in [0.1, 0.15) is 32.6 Å². The van der Waals surface area contributed by atoms with Crippen molar-refractivity contribution in [2.24, 2.45) is 5.92 Å². The zero-order valence-electron chi connectivity index (χ0n) is 10.8. The van der Waals surface area contributed by atoms with Crippen molar-refractivity contribution >= 4 is 5.91 Å². The maximum Gasteiger partial charge on any atom is 0.242 e. The molecule has 1 aliphatic carbocycles. The van der Waals surface area contributed by atoms with Gasteiger partial charge in [0.25, 0.3) is 0 Å². The highest BCUT2D eigenvalue weighted by molar-refractivity contribution is 5.76. The lowest BCUT2D eigenvalue weighted by atomic mass is 9.77. The first kappa shape index (κ1) is 13.1. The molecule has 0 atom stereocenters. The highest BCUT2D eigenvalue weighted by Crippen LogP contribution is 2.31. The SMILES string of the molecule is CC1CCC(CO)(NC(=O)Cn2cccn2)CC1. The summed E-state index contributed by atoms with van der Waals surface area (Å²) >= 11 is 0. The number of aliphatic hydroxyl groups is 1. The van der Waals surface area contributed by atoms with Gasteiger partial charge in [-0.05, 0) is 37.7 Å². The largest absolute Gasteiger partial charge is 0.394 e. The van der Waals surface area contributed by atoms with Crippen LogP contribution in [0.2, 0.25) is 0 Å². The average Bonchev–Trinajstić information content (AvgIpc) is 2.85. The Morgan fingerprint density at radius 3 is 2.83 bits per heavy atom. The molecule has 5 nitrogen and oxygen atoms in total. The Hall–Kier alpha value is -1.36. The summed E-state index contributed by atoms with van der Waals surface area (Å²) in [5.74, 6) is 0.606. The summed E-state index contributed by atoms with van der Waals surface area (Å²) in [4.78, 5) is 11.9. The van der Waals surface area contributed by atoms with E-state index in [2.05, 4.69) is 17.3 Å². The zero-order chi connectivity index (χ0) is 13.0. The van der Waals surface area contributed by atoms with Crippen LogP contribution in [-0.2, 0) is 11.3 Å². The molecule has 100 valence electrons. The van der Waals surface area contributed by atoms with E-state index < -0.39 is 5.54 Å². The number of amides is 1. The molecule has 18 heavy (non-hydrogen) atoms. The summed E-state index contributed by atoms with van der Waals surface area (Å²) in [5, 5.41) is 16.6. The first-order valence-corrected chi connectivity index (χ1v) is 6.53. The van der Waals surface area contributed by atoms with Crippen LogP contribution in [0.5, 0.6) is 0 Å². The van der Waals surface area contributed by atoms with E-state index in [0.29, 0.717) is 5.92 Å². The van der Waals surface area contributed by atoms with Gasteiger partial charge < -0.3 is 10.4 Å². The van der Waals surface area contributed by atoms with Crippen LogP contribution in [0.15, 0.2) is 18.5 Å². The molecule has 0 saturated heterocycles. The van der Waals surface area contributed by atoms with Crippen LogP contribution in [-0.4, -0.2) is 32.9 Å². The van der Waals surface area contributed by atoms with E-state index in [1.165, 1.54) is 0 Å². The Morgan fingerprint density at radius 1 is 1.56 bits per heavy atom. The molecule has 0 radical (unpaired) electrons. The molecule has 1 fully saturated rings. The molecule has 0 aliphatic heterocycles. The second-order valence-corrected chi connectivity index (χ2v) is 5.37. The number of carbonyl (C=O) groups is 1. The molecule has 1 saturated carbocycles. The Kier molecular flexibility index (Phi) is 4.01. The van der Waals surface area contributed by atoms with Gasteiger partial charge in [0.1, 0.15) is 6.54 Å². The second-order valence-electron chi connectivity index (χ2n) is 5.37. The molecule has 2 N–H and O–H groups in total. The van der Waals surface area contributed by atoms with Crippen LogP contribution in [0.4, 0.5) is 0 Å². The summed E-state index contributed by atoms with van der Waals surface area (Å²) in [5.41, 5.74) is -0.420. The molecular weight excluding hydrogens is 230 g/mol. The molecule has 2 rings (SSSR count). The molecule has 1 aliphatic rings. The zero-order valence-corrected chi connectivity index (χ0v) is 10.8. The molecule has 1 amide bonds. The minimum Gasteiger partial charge on any atom is -0.394 e. The number of nitrogens with zero attached hydrogens (tertiary/aromatic N) is 2. The highest BCUT2D eigenvalue weighted by atomic mass is 16.3. The predicted molar refractivity (Wildman–Crippen MR) is 67.8 cm³/mol. The van der Waals surface area contributed by atoms with Crippen molar-refractivity contribution in [2.45, 2.75) is 44.7 Å².